The number of ether oxygens (including phenoxy) is 2. The van der Waals surface area contributed by atoms with E-state index in [1.807, 2.05) is 0 Å². The summed E-state index contributed by atoms with van der Waals surface area (Å²) in [4.78, 5) is 12.6. The number of hydrogen-bond donors (Lipinski definition) is 1. The van der Waals surface area contributed by atoms with Gasteiger partial charge in [-0.3, -0.25) is 9.10 Å². The molecule has 3 aromatic carbocycles. The second-order valence-corrected chi connectivity index (χ2v) is 11.3. The van der Waals surface area contributed by atoms with Gasteiger partial charge in [0.1, 0.15) is 18.2 Å². The van der Waals surface area contributed by atoms with Crippen molar-refractivity contribution in [3.63, 3.8) is 0 Å². The number of thioether (sulfide) groups is 1. The van der Waals surface area contributed by atoms with E-state index in [9.17, 15) is 22.0 Å². The lowest BCUT2D eigenvalue weighted by molar-refractivity contribution is -0.119. The summed E-state index contributed by atoms with van der Waals surface area (Å²) < 4.78 is 65.9. The highest BCUT2D eigenvalue weighted by molar-refractivity contribution is 7.98. The van der Waals surface area contributed by atoms with Gasteiger partial charge < -0.3 is 14.8 Å². The molecule has 12 heteroatoms. The van der Waals surface area contributed by atoms with E-state index < -0.39 is 28.3 Å². The van der Waals surface area contributed by atoms with Crippen LogP contribution >= 0.6 is 23.4 Å². The van der Waals surface area contributed by atoms with E-state index in [0.717, 1.165) is 16.4 Å². The van der Waals surface area contributed by atoms with Crippen LogP contribution in [-0.4, -0.2) is 47.4 Å². The van der Waals surface area contributed by atoms with Crippen molar-refractivity contribution in [2.24, 2.45) is 0 Å². The predicted molar refractivity (Wildman–Crippen MR) is 146 cm³/mol. The van der Waals surface area contributed by atoms with Gasteiger partial charge in [-0.1, -0.05) is 29.8 Å². The van der Waals surface area contributed by atoms with Crippen molar-refractivity contribution in [3.05, 3.63) is 82.9 Å². The number of sulfonamides is 1. The molecular weight excluding hydrogens is 558 g/mol. The van der Waals surface area contributed by atoms with Crippen molar-refractivity contribution in [2.75, 3.05) is 37.4 Å². The van der Waals surface area contributed by atoms with Crippen LogP contribution in [0, 0.1) is 11.6 Å². The van der Waals surface area contributed by atoms with Crippen LogP contribution in [0.25, 0.3) is 0 Å². The number of carbonyl (C=O) groups is 1. The number of benzene rings is 3. The standard InChI is InChI=1S/C26H27ClF2N2O5S2/c1-35-24-11-9-20(15-25(24)36-2)38(33,34)31(19-8-10-23(29)21(27)14-19)16-26(32)30-12-5-13-37-17-18-6-3-4-7-22(18)28/h3-4,6-11,14-15H,5,12-13,16-17H2,1-2H3,(H,30,32). The minimum Gasteiger partial charge on any atom is -0.493 e. The molecule has 0 bridgehead atoms. The van der Waals surface area contributed by atoms with Crippen molar-refractivity contribution < 1.29 is 31.5 Å². The number of methoxy groups -OCH3 is 2. The maximum atomic E-state index is 13.8. The van der Waals surface area contributed by atoms with Gasteiger partial charge in [-0.2, -0.15) is 11.8 Å². The monoisotopic (exact) mass is 584 g/mol. The smallest absolute Gasteiger partial charge is 0.264 e. The lowest BCUT2D eigenvalue weighted by Crippen LogP contribution is -2.41. The minimum absolute atomic E-state index is 0.0155. The maximum absolute atomic E-state index is 13.8. The van der Waals surface area contributed by atoms with Crippen molar-refractivity contribution in [1.82, 2.24) is 5.32 Å². The van der Waals surface area contributed by atoms with Gasteiger partial charge in [0.05, 0.1) is 29.8 Å². The van der Waals surface area contributed by atoms with Crippen LogP contribution in [0.3, 0.4) is 0 Å². The van der Waals surface area contributed by atoms with Gasteiger partial charge in [0.15, 0.2) is 11.5 Å². The molecule has 0 radical (unpaired) electrons. The van der Waals surface area contributed by atoms with Gasteiger partial charge in [-0.25, -0.2) is 17.2 Å². The van der Waals surface area contributed by atoms with Gasteiger partial charge >= 0.3 is 0 Å². The number of amides is 1. The quantitative estimate of drug-likeness (QED) is 0.276. The number of halogens is 3. The third kappa shape index (κ3) is 7.52. The normalized spacial score (nSPS) is 11.2. The van der Waals surface area contributed by atoms with Crippen molar-refractivity contribution in [3.8, 4) is 11.5 Å². The Hall–Kier alpha value is -3.02. The number of nitrogens with one attached hydrogen (secondary N) is 1. The average molecular weight is 585 g/mol. The van der Waals surface area contributed by atoms with Gasteiger partial charge in [0.2, 0.25) is 5.91 Å². The topological polar surface area (TPSA) is 84.9 Å². The molecule has 38 heavy (non-hydrogen) atoms. The van der Waals surface area contributed by atoms with Crippen molar-refractivity contribution in [1.29, 1.82) is 0 Å². The lowest BCUT2D eigenvalue weighted by Gasteiger charge is -2.24. The average Bonchev–Trinajstić information content (AvgIpc) is 2.91. The zero-order chi connectivity index (χ0) is 27.7. The zero-order valence-electron chi connectivity index (χ0n) is 20.7. The molecule has 7 nitrogen and oxygen atoms in total. The number of nitrogens with zero attached hydrogens (tertiary/aromatic N) is 1. The molecule has 3 aromatic rings. The van der Waals surface area contributed by atoms with Crippen LogP contribution < -0.4 is 19.1 Å². The SMILES string of the molecule is COc1ccc(S(=O)(=O)N(CC(=O)NCCCSCc2ccccc2F)c2ccc(F)c(Cl)c2)cc1OC. The number of anilines is 1. The third-order valence-corrected chi connectivity index (χ3v) is 8.58. The van der Waals surface area contributed by atoms with E-state index in [2.05, 4.69) is 5.32 Å². The third-order valence-electron chi connectivity index (χ3n) is 5.42. The summed E-state index contributed by atoms with van der Waals surface area (Å²) in [6.45, 7) is -0.279. The number of hydrogen-bond acceptors (Lipinski definition) is 6. The fourth-order valence-corrected chi connectivity index (χ4v) is 6.00. The van der Waals surface area contributed by atoms with Crippen LogP contribution in [0.1, 0.15) is 12.0 Å². The Bertz CT molecular complexity index is 1380. The summed E-state index contributed by atoms with van der Waals surface area (Å²) in [5.74, 6) is 0.130. The van der Waals surface area contributed by atoms with E-state index >= 15 is 0 Å². The summed E-state index contributed by atoms with van der Waals surface area (Å²) in [5.41, 5.74) is 0.622. The Balaban J connectivity index is 1.70. The fourth-order valence-electron chi connectivity index (χ4n) is 3.45. The first-order chi connectivity index (χ1) is 18.2. The fraction of sp³-hybridized carbons (Fsp3) is 0.269. The first-order valence-corrected chi connectivity index (χ1v) is 14.4. The lowest BCUT2D eigenvalue weighted by atomic mass is 10.2. The van der Waals surface area contributed by atoms with Crippen molar-refractivity contribution >= 4 is 45.0 Å². The molecule has 0 spiro atoms. The van der Waals surface area contributed by atoms with Crippen LogP contribution in [0.4, 0.5) is 14.5 Å². The molecule has 0 saturated carbocycles. The van der Waals surface area contributed by atoms with Crippen molar-refractivity contribution in [2.45, 2.75) is 17.1 Å². The summed E-state index contributed by atoms with van der Waals surface area (Å²) in [6.07, 6.45) is 0.593. The zero-order valence-corrected chi connectivity index (χ0v) is 23.1. The molecule has 0 heterocycles. The van der Waals surface area contributed by atoms with Crippen LogP contribution in [0.5, 0.6) is 11.5 Å². The number of rotatable bonds is 13. The molecule has 0 aromatic heterocycles. The Morgan fingerprint density at radius 2 is 1.74 bits per heavy atom. The van der Waals surface area contributed by atoms with Gasteiger partial charge in [0.25, 0.3) is 10.0 Å². The van der Waals surface area contributed by atoms with Gasteiger partial charge in [0, 0.05) is 18.4 Å². The molecule has 1 N–H and O–H groups in total. The summed E-state index contributed by atoms with van der Waals surface area (Å²) in [5, 5.41) is 2.41. The number of carbonyl (C=O) groups excluding carboxylic acids is 1. The summed E-state index contributed by atoms with van der Waals surface area (Å²) >= 11 is 7.43. The predicted octanol–water partition coefficient (Wildman–Crippen LogP) is 5.27. The van der Waals surface area contributed by atoms with Crippen LogP contribution in [0.2, 0.25) is 5.02 Å². The van der Waals surface area contributed by atoms with Crippen LogP contribution in [-0.2, 0) is 20.6 Å². The Labute approximate surface area is 230 Å². The van der Waals surface area contributed by atoms with Gasteiger partial charge in [-0.15, -0.1) is 0 Å². The first kappa shape index (κ1) is 29.5. The molecule has 1 amide bonds. The molecule has 0 aliphatic rings. The summed E-state index contributed by atoms with van der Waals surface area (Å²) in [7, 11) is -1.51. The highest BCUT2D eigenvalue weighted by atomic mass is 35.5. The van der Waals surface area contributed by atoms with E-state index in [4.69, 9.17) is 21.1 Å². The van der Waals surface area contributed by atoms with Gasteiger partial charge in [-0.05, 0) is 54.1 Å². The molecule has 0 aliphatic carbocycles. The second kappa shape index (κ2) is 13.7. The first-order valence-electron chi connectivity index (χ1n) is 11.4. The minimum atomic E-state index is -4.29. The van der Waals surface area contributed by atoms with E-state index in [1.54, 1.807) is 18.2 Å². The Kier molecular flexibility index (Phi) is 10.6. The molecular formula is C26H27ClF2N2O5S2. The molecule has 0 aliphatic heterocycles. The van der Waals surface area contributed by atoms with E-state index in [-0.39, 0.29) is 33.7 Å². The van der Waals surface area contributed by atoms with E-state index in [1.165, 1.54) is 56.3 Å². The largest absolute Gasteiger partial charge is 0.493 e. The molecule has 0 atom stereocenters. The second-order valence-electron chi connectivity index (χ2n) is 7.97. The Morgan fingerprint density at radius 3 is 2.42 bits per heavy atom. The molecule has 204 valence electrons. The van der Waals surface area contributed by atoms with Crippen LogP contribution in [0.15, 0.2) is 65.6 Å². The molecule has 0 saturated heterocycles. The molecule has 0 fully saturated rings. The molecule has 0 unspecified atom stereocenters. The highest BCUT2D eigenvalue weighted by Gasteiger charge is 2.29. The Morgan fingerprint density at radius 1 is 1.00 bits per heavy atom. The van der Waals surface area contributed by atoms with E-state index in [0.29, 0.717) is 29.2 Å². The highest BCUT2D eigenvalue weighted by Crippen LogP contribution is 2.33. The maximum Gasteiger partial charge on any atom is 0.264 e. The summed E-state index contributed by atoms with van der Waals surface area (Å²) in [6, 6.07) is 14.0. The molecule has 3 rings (SSSR count).